The summed E-state index contributed by atoms with van der Waals surface area (Å²) in [5.74, 6) is 0. The zero-order valence-corrected chi connectivity index (χ0v) is 13.7. The first kappa shape index (κ1) is 16.0. The Morgan fingerprint density at radius 1 is 1.45 bits per heavy atom. The normalized spacial score (nSPS) is 21.1. The third kappa shape index (κ3) is 5.17. The summed E-state index contributed by atoms with van der Waals surface area (Å²) in [6.45, 7) is 2.75. The van der Waals surface area contributed by atoms with Crippen LogP contribution in [0.4, 0.5) is 0 Å². The van der Waals surface area contributed by atoms with E-state index in [0.29, 0.717) is 6.10 Å². The second-order valence-electron chi connectivity index (χ2n) is 5.61. The minimum absolute atomic E-state index is 0.372. The summed E-state index contributed by atoms with van der Waals surface area (Å²) in [4.78, 5) is 2.26. The van der Waals surface area contributed by atoms with Crippen molar-refractivity contribution in [2.45, 2.75) is 37.9 Å². The Balaban J connectivity index is 1.73. The average Bonchev–Trinajstić information content (AvgIpc) is 2.46. The SMILES string of the molecule is CN(CCC(O)c1cccc(Br)c1)CC1CCCCO1. The minimum Gasteiger partial charge on any atom is -0.388 e. The summed E-state index contributed by atoms with van der Waals surface area (Å²) in [5, 5.41) is 10.2. The number of benzene rings is 1. The van der Waals surface area contributed by atoms with E-state index >= 15 is 0 Å². The van der Waals surface area contributed by atoms with E-state index in [2.05, 4.69) is 27.9 Å². The fraction of sp³-hybridized carbons (Fsp3) is 0.625. The van der Waals surface area contributed by atoms with Crippen molar-refractivity contribution < 1.29 is 9.84 Å². The Kier molecular flexibility index (Phi) is 6.49. The Bertz CT molecular complexity index is 407. The molecule has 1 N–H and O–H groups in total. The van der Waals surface area contributed by atoms with Gasteiger partial charge in [0.05, 0.1) is 12.2 Å². The van der Waals surface area contributed by atoms with Crippen molar-refractivity contribution in [3.63, 3.8) is 0 Å². The van der Waals surface area contributed by atoms with Gasteiger partial charge in [-0.25, -0.2) is 0 Å². The van der Waals surface area contributed by atoms with E-state index in [4.69, 9.17) is 4.74 Å². The second-order valence-corrected chi connectivity index (χ2v) is 6.53. The van der Waals surface area contributed by atoms with Crippen LogP contribution in [0.3, 0.4) is 0 Å². The van der Waals surface area contributed by atoms with Crippen molar-refractivity contribution in [1.82, 2.24) is 4.90 Å². The van der Waals surface area contributed by atoms with E-state index in [-0.39, 0.29) is 0 Å². The third-order valence-electron chi connectivity index (χ3n) is 3.81. The van der Waals surface area contributed by atoms with Gasteiger partial charge >= 0.3 is 0 Å². The highest BCUT2D eigenvalue weighted by Gasteiger charge is 2.16. The van der Waals surface area contributed by atoms with Gasteiger partial charge in [-0.2, -0.15) is 0 Å². The van der Waals surface area contributed by atoms with Gasteiger partial charge in [-0.15, -0.1) is 0 Å². The van der Waals surface area contributed by atoms with Crippen LogP contribution in [-0.4, -0.2) is 42.9 Å². The number of aliphatic hydroxyl groups excluding tert-OH is 1. The number of ether oxygens (including phenoxy) is 1. The van der Waals surface area contributed by atoms with Gasteiger partial charge in [0.2, 0.25) is 0 Å². The summed E-state index contributed by atoms with van der Waals surface area (Å²) in [5.41, 5.74) is 0.974. The van der Waals surface area contributed by atoms with E-state index in [0.717, 1.165) is 36.2 Å². The molecule has 1 aromatic carbocycles. The van der Waals surface area contributed by atoms with E-state index in [1.807, 2.05) is 24.3 Å². The summed E-state index contributed by atoms with van der Waals surface area (Å²) in [6.07, 6.45) is 4.36. The molecular formula is C16H24BrNO2. The maximum absolute atomic E-state index is 10.2. The average molecular weight is 342 g/mol. The van der Waals surface area contributed by atoms with Gasteiger partial charge in [0.15, 0.2) is 0 Å². The molecule has 0 radical (unpaired) electrons. The van der Waals surface area contributed by atoms with Gasteiger partial charge in [-0.3, -0.25) is 0 Å². The fourth-order valence-electron chi connectivity index (χ4n) is 2.61. The number of hydrogen-bond acceptors (Lipinski definition) is 3. The summed E-state index contributed by atoms with van der Waals surface area (Å²) < 4.78 is 6.76. The van der Waals surface area contributed by atoms with Crippen molar-refractivity contribution in [2.24, 2.45) is 0 Å². The van der Waals surface area contributed by atoms with Crippen molar-refractivity contribution in [3.8, 4) is 0 Å². The maximum atomic E-state index is 10.2. The molecule has 0 saturated carbocycles. The lowest BCUT2D eigenvalue weighted by Crippen LogP contribution is -2.34. The number of hydrogen-bond donors (Lipinski definition) is 1. The molecule has 4 heteroatoms. The van der Waals surface area contributed by atoms with Crippen LogP contribution in [0.1, 0.15) is 37.4 Å². The van der Waals surface area contributed by atoms with Gasteiger partial charge in [-0.05, 0) is 50.4 Å². The molecule has 0 spiro atoms. The molecular weight excluding hydrogens is 318 g/mol. The molecule has 2 unspecified atom stereocenters. The molecule has 2 atom stereocenters. The van der Waals surface area contributed by atoms with Crippen LogP contribution in [-0.2, 0) is 4.74 Å². The van der Waals surface area contributed by atoms with Gasteiger partial charge in [0.1, 0.15) is 0 Å². The molecule has 1 saturated heterocycles. The van der Waals surface area contributed by atoms with Crippen molar-refractivity contribution in [3.05, 3.63) is 34.3 Å². The second kappa shape index (κ2) is 8.13. The number of halogens is 1. The quantitative estimate of drug-likeness (QED) is 0.860. The minimum atomic E-state index is -0.401. The van der Waals surface area contributed by atoms with Crippen LogP contribution in [0, 0.1) is 0 Å². The van der Waals surface area contributed by atoms with Gasteiger partial charge in [0.25, 0.3) is 0 Å². The first-order chi connectivity index (χ1) is 9.65. The molecule has 1 aromatic rings. The Labute approximate surface area is 130 Å². The van der Waals surface area contributed by atoms with E-state index in [1.165, 1.54) is 19.3 Å². The number of aliphatic hydroxyl groups is 1. The lowest BCUT2D eigenvalue weighted by molar-refractivity contribution is -0.00327. The van der Waals surface area contributed by atoms with Gasteiger partial charge < -0.3 is 14.7 Å². The monoisotopic (exact) mass is 341 g/mol. The lowest BCUT2D eigenvalue weighted by Gasteiger charge is -2.27. The summed E-state index contributed by atoms with van der Waals surface area (Å²) >= 11 is 3.44. The summed E-state index contributed by atoms with van der Waals surface area (Å²) in [7, 11) is 2.10. The fourth-order valence-corrected chi connectivity index (χ4v) is 3.03. The number of rotatable bonds is 6. The van der Waals surface area contributed by atoms with Crippen LogP contribution in [0.5, 0.6) is 0 Å². The molecule has 1 aliphatic rings. The highest BCUT2D eigenvalue weighted by Crippen LogP contribution is 2.21. The molecule has 1 fully saturated rings. The van der Waals surface area contributed by atoms with Crippen molar-refractivity contribution in [2.75, 3.05) is 26.7 Å². The molecule has 3 nitrogen and oxygen atoms in total. The van der Waals surface area contributed by atoms with Crippen LogP contribution >= 0.6 is 15.9 Å². The molecule has 1 aliphatic heterocycles. The van der Waals surface area contributed by atoms with Crippen LogP contribution in [0.15, 0.2) is 28.7 Å². The molecule has 112 valence electrons. The molecule has 0 amide bonds. The maximum Gasteiger partial charge on any atom is 0.0802 e. The van der Waals surface area contributed by atoms with Crippen LogP contribution in [0.25, 0.3) is 0 Å². The van der Waals surface area contributed by atoms with Crippen LogP contribution < -0.4 is 0 Å². The number of nitrogens with zero attached hydrogens (tertiary/aromatic N) is 1. The molecule has 0 bridgehead atoms. The predicted molar refractivity (Wildman–Crippen MR) is 84.8 cm³/mol. The molecule has 0 aromatic heterocycles. The van der Waals surface area contributed by atoms with E-state index < -0.39 is 6.10 Å². The lowest BCUT2D eigenvalue weighted by atomic mass is 10.1. The zero-order chi connectivity index (χ0) is 14.4. The highest BCUT2D eigenvalue weighted by atomic mass is 79.9. The standard InChI is InChI=1S/C16H24BrNO2/c1-18(12-15-7-2-3-10-20-15)9-8-16(19)13-5-4-6-14(17)11-13/h4-6,11,15-16,19H,2-3,7-10,12H2,1H3. The topological polar surface area (TPSA) is 32.7 Å². The Morgan fingerprint density at radius 2 is 2.30 bits per heavy atom. The third-order valence-corrected chi connectivity index (χ3v) is 4.30. The smallest absolute Gasteiger partial charge is 0.0802 e. The van der Waals surface area contributed by atoms with Crippen molar-refractivity contribution >= 4 is 15.9 Å². The van der Waals surface area contributed by atoms with Gasteiger partial charge in [-0.1, -0.05) is 28.1 Å². The van der Waals surface area contributed by atoms with Gasteiger partial charge in [0, 0.05) is 24.2 Å². The largest absolute Gasteiger partial charge is 0.388 e. The number of likely N-dealkylation sites (N-methyl/N-ethyl adjacent to an activating group) is 1. The first-order valence-corrected chi connectivity index (χ1v) is 8.18. The molecule has 20 heavy (non-hydrogen) atoms. The Hall–Kier alpha value is -0.420. The van der Waals surface area contributed by atoms with E-state index in [1.54, 1.807) is 0 Å². The Morgan fingerprint density at radius 3 is 3.00 bits per heavy atom. The summed E-state index contributed by atoms with van der Waals surface area (Å²) in [6, 6.07) is 7.89. The zero-order valence-electron chi connectivity index (χ0n) is 12.1. The predicted octanol–water partition coefficient (Wildman–Crippen LogP) is 3.37. The first-order valence-electron chi connectivity index (χ1n) is 7.39. The van der Waals surface area contributed by atoms with E-state index in [9.17, 15) is 5.11 Å². The molecule has 1 heterocycles. The van der Waals surface area contributed by atoms with Crippen molar-refractivity contribution in [1.29, 1.82) is 0 Å². The molecule has 0 aliphatic carbocycles. The highest BCUT2D eigenvalue weighted by molar-refractivity contribution is 9.10. The molecule has 2 rings (SSSR count). The van der Waals surface area contributed by atoms with Crippen LogP contribution in [0.2, 0.25) is 0 Å².